The fraction of sp³-hybridized carbons (Fsp3) is 1.00. The molecule has 0 amide bonds. The van der Waals surface area contributed by atoms with Crippen LogP contribution in [0.25, 0.3) is 0 Å². The summed E-state index contributed by atoms with van der Waals surface area (Å²) >= 11 is 0. The first kappa shape index (κ1) is 5.72. The Morgan fingerprint density at radius 3 is 2.67 bits per heavy atom. The normalized spacial score (nSPS) is 39.0. The van der Waals surface area contributed by atoms with Gasteiger partial charge in [-0.15, -0.1) is 0 Å². The Morgan fingerprint density at radius 1 is 1.44 bits per heavy atom. The lowest BCUT2D eigenvalue weighted by molar-refractivity contribution is 0.284. The Bertz CT molecular complexity index is 116. The van der Waals surface area contributed by atoms with Crippen LogP contribution in [-0.4, -0.2) is 13.1 Å². The van der Waals surface area contributed by atoms with E-state index in [2.05, 4.69) is 12.2 Å². The van der Waals surface area contributed by atoms with Crippen LogP contribution in [0, 0.1) is 11.3 Å². The molecule has 1 heterocycles. The predicted molar refractivity (Wildman–Crippen MR) is 38.3 cm³/mol. The molecule has 0 aromatic heterocycles. The van der Waals surface area contributed by atoms with Gasteiger partial charge in [-0.1, -0.05) is 6.92 Å². The molecule has 1 saturated carbocycles. The molecule has 52 valence electrons. The molecule has 1 aliphatic carbocycles. The van der Waals surface area contributed by atoms with Crippen molar-refractivity contribution in [3.05, 3.63) is 0 Å². The van der Waals surface area contributed by atoms with E-state index in [0.29, 0.717) is 0 Å². The highest BCUT2D eigenvalue weighted by molar-refractivity contribution is 4.98. The fourth-order valence-electron chi connectivity index (χ4n) is 2.02. The number of hydrogen-bond acceptors (Lipinski definition) is 1. The minimum absolute atomic E-state index is 0.789. The van der Waals surface area contributed by atoms with Gasteiger partial charge in [0.05, 0.1) is 0 Å². The Kier molecular flexibility index (Phi) is 1.10. The van der Waals surface area contributed by atoms with Crippen LogP contribution in [0.5, 0.6) is 0 Å². The van der Waals surface area contributed by atoms with Crippen LogP contribution < -0.4 is 5.32 Å². The van der Waals surface area contributed by atoms with E-state index < -0.39 is 0 Å². The van der Waals surface area contributed by atoms with Crippen molar-refractivity contribution in [2.24, 2.45) is 11.3 Å². The van der Waals surface area contributed by atoms with Crippen LogP contribution in [0.1, 0.15) is 26.2 Å². The van der Waals surface area contributed by atoms with Crippen LogP contribution in [0.4, 0.5) is 0 Å². The molecule has 1 saturated heterocycles. The molecule has 2 fully saturated rings. The van der Waals surface area contributed by atoms with Gasteiger partial charge in [0.25, 0.3) is 0 Å². The van der Waals surface area contributed by atoms with Gasteiger partial charge in [-0.3, -0.25) is 0 Å². The summed E-state index contributed by atoms with van der Waals surface area (Å²) in [6, 6.07) is 0. The number of piperidine rings is 1. The average Bonchev–Trinajstić information content (AvgIpc) is 2.49. The Labute approximate surface area is 56.8 Å². The van der Waals surface area contributed by atoms with Crippen molar-refractivity contribution in [2.45, 2.75) is 26.2 Å². The van der Waals surface area contributed by atoms with E-state index >= 15 is 0 Å². The number of nitrogens with one attached hydrogen (secondary N) is 1. The third-order valence-electron chi connectivity index (χ3n) is 2.73. The highest BCUT2D eigenvalue weighted by atomic mass is 14.9. The van der Waals surface area contributed by atoms with Crippen LogP contribution in [0.2, 0.25) is 0 Å². The van der Waals surface area contributed by atoms with Crippen LogP contribution >= 0.6 is 0 Å². The maximum atomic E-state index is 3.49. The lowest BCUT2D eigenvalue weighted by atomic mass is 9.89. The molecule has 1 unspecified atom stereocenters. The average molecular weight is 125 g/mol. The van der Waals surface area contributed by atoms with Gasteiger partial charge in [0.1, 0.15) is 0 Å². The SMILES string of the molecule is CC1CNCC2(CC2)C1. The first-order chi connectivity index (χ1) is 4.31. The van der Waals surface area contributed by atoms with Crippen LogP contribution in [0.3, 0.4) is 0 Å². The van der Waals surface area contributed by atoms with Gasteiger partial charge in [-0.25, -0.2) is 0 Å². The van der Waals surface area contributed by atoms with Gasteiger partial charge in [0.2, 0.25) is 0 Å². The Balaban J connectivity index is 1.96. The quantitative estimate of drug-likeness (QED) is 0.516. The second-order valence-electron chi connectivity index (χ2n) is 3.94. The molecule has 1 nitrogen and oxygen atoms in total. The topological polar surface area (TPSA) is 12.0 Å². The van der Waals surface area contributed by atoms with E-state index in [1.807, 2.05) is 0 Å². The van der Waals surface area contributed by atoms with Crippen molar-refractivity contribution >= 4 is 0 Å². The molecule has 0 radical (unpaired) electrons. The zero-order valence-corrected chi connectivity index (χ0v) is 6.11. The zero-order chi connectivity index (χ0) is 6.32. The van der Waals surface area contributed by atoms with Crippen LogP contribution in [0.15, 0.2) is 0 Å². The first-order valence-electron chi connectivity index (χ1n) is 4.02. The summed E-state index contributed by atoms with van der Waals surface area (Å²) in [4.78, 5) is 0. The summed E-state index contributed by atoms with van der Waals surface area (Å²) in [7, 11) is 0. The van der Waals surface area contributed by atoms with Gasteiger partial charge in [0, 0.05) is 6.54 Å². The lowest BCUT2D eigenvalue weighted by Crippen LogP contribution is -2.36. The van der Waals surface area contributed by atoms with E-state index in [1.165, 1.54) is 32.4 Å². The number of hydrogen-bond donors (Lipinski definition) is 1. The Hall–Kier alpha value is -0.0400. The van der Waals surface area contributed by atoms with Crippen molar-refractivity contribution in [3.8, 4) is 0 Å². The highest BCUT2D eigenvalue weighted by Crippen LogP contribution is 2.51. The predicted octanol–water partition coefficient (Wildman–Crippen LogP) is 1.40. The van der Waals surface area contributed by atoms with Gasteiger partial charge in [-0.05, 0) is 37.1 Å². The summed E-state index contributed by atoms with van der Waals surface area (Å²) in [5, 5.41) is 3.49. The molecule has 2 rings (SSSR count). The van der Waals surface area contributed by atoms with Crippen molar-refractivity contribution in [2.75, 3.05) is 13.1 Å². The summed E-state index contributed by atoms with van der Waals surface area (Å²) in [5.74, 6) is 0.932. The molecule has 0 aromatic rings. The van der Waals surface area contributed by atoms with Crippen molar-refractivity contribution < 1.29 is 0 Å². The summed E-state index contributed by atoms with van der Waals surface area (Å²) in [6.07, 6.45) is 4.47. The van der Waals surface area contributed by atoms with E-state index in [0.717, 1.165) is 11.3 Å². The van der Waals surface area contributed by atoms with Crippen molar-refractivity contribution in [1.82, 2.24) is 5.32 Å². The summed E-state index contributed by atoms with van der Waals surface area (Å²) in [6.45, 7) is 4.91. The molecule has 1 N–H and O–H groups in total. The van der Waals surface area contributed by atoms with E-state index in [4.69, 9.17) is 0 Å². The minimum Gasteiger partial charge on any atom is -0.316 e. The monoisotopic (exact) mass is 125 g/mol. The molecular weight excluding hydrogens is 110 g/mol. The summed E-state index contributed by atoms with van der Waals surface area (Å²) < 4.78 is 0. The molecule has 1 atom stereocenters. The Morgan fingerprint density at radius 2 is 2.22 bits per heavy atom. The van der Waals surface area contributed by atoms with Gasteiger partial charge < -0.3 is 5.32 Å². The minimum atomic E-state index is 0.789. The molecule has 0 bridgehead atoms. The fourth-order valence-corrected chi connectivity index (χ4v) is 2.02. The smallest absolute Gasteiger partial charge is 0.000804 e. The maximum Gasteiger partial charge on any atom is 0.000804 e. The maximum absolute atomic E-state index is 3.49. The van der Waals surface area contributed by atoms with Crippen LogP contribution in [-0.2, 0) is 0 Å². The summed E-state index contributed by atoms with van der Waals surface area (Å²) in [5.41, 5.74) is 0.789. The number of rotatable bonds is 0. The second kappa shape index (κ2) is 1.72. The van der Waals surface area contributed by atoms with E-state index in [-0.39, 0.29) is 0 Å². The van der Waals surface area contributed by atoms with Crippen molar-refractivity contribution in [1.29, 1.82) is 0 Å². The van der Waals surface area contributed by atoms with Gasteiger partial charge in [-0.2, -0.15) is 0 Å². The van der Waals surface area contributed by atoms with Gasteiger partial charge in [0.15, 0.2) is 0 Å². The molecule has 0 aromatic carbocycles. The zero-order valence-electron chi connectivity index (χ0n) is 6.11. The molecular formula is C8H15N. The molecule has 9 heavy (non-hydrogen) atoms. The van der Waals surface area contributed by atoms with E-state index in [9.17, 15) is 0 Å². The van der Waals surface area contributed by atoms with E-state index in [1.54, 1.807) is 0 Å². The first-order valence-corrected chi connectivity index (χ1v) is 4.02. The third kappa shape index (κ3) is 0.983. The highest BCUT2D eigenvalue weighted by Gasteiger charge is 2.44. The van der Waals surface area contributed by atoms with Crippen molar-refractivity contribution in [3.63, 3.8) is 0 Å². The molecule has 1 aliphatic heterocycles. The lowest BCUT2D eigenvalue weighted by Gasteiger charge is -2.27. The van der Waals surface area contributed by atoms with Gasteiger partial charge >= 0.3 is 0 Å². The third-order valence-corrected chi connectivity index (χ3v) is 2.73. The molecule has 2 aliphatic rings. The molecule has 1 heteroatoms. The standard InChI is InChI=1S/C8H15N/c1-7-4-8(2-3-8)6-9-5-7/h7,9H,2-6H2,1H3. The molecule has 1 spiro atoms. The largest absolute Gasteiger partial charge is 0.316 e. The second-order valence-corrected chi connectivity index (χ2v) is 3.94.